The van der Waals surface area contributed by atoms with Crippen molar-refractivity contribution in [3.05, 3.63) is 53.8 Å². The van der Waals surface area contributed by atoms with E-state index in [1.54, 1.807) is 13.2 Å². The number of benzene rings is 2. The summed E-state index contributed by atoms with van der Waals surface area (Å²) in [6.07, 6.45) is 0. The van der Waals surface area contributed by atoms with E-state index in [1.165, 1.54) is 12.1 Å². The molecule has 0 aromatic heterocycles. The third kappa shape index (κ3) is 2.45. The Bertz CT molecular complexity index is 525. The molecule has 2 aromatic rings. The molecule has 0 saturated heterocycles. The number of hydrogen-bond donors (Lipinski definition) is 1. The van der Waals surface area contributed by atoms with Crippen LogP contribution < -0.4 is 10.5 Å². The Morgan fingerprint density at radius 3 is 2.71 bits per heavy atom. The largest absolute Gasteiger partial charge is 0.497 e. The zero-order valence-electron chi connectivity index (χ0n) is 9.61. The van der Waals surface area contributed by atoms with E-state index in [-0.39, 0.29) is 5.82 Å². The van der Waals surface area contributed by atoms with Gasteiger partial charge in [-0.15, -0.1) is 0 Å². The molecule has 3 heteroatoms. The molecule has 0 aliphatic rings. The summed E-state index contributed by atoms with van der Waals surface area (Å²) >= 11 is 0. The lowest BCUT2D eigenvalue weighted by Gasteiger charge is -2.09. The van der Waals surface area contributed by atoms with E-state index in [9.17, 15) is 4.39 Å². The van der Waals surface area contributed by atoms with Gasteiger partial charge >= 0.3 is 0 Å². The second-order valence-electron chi connectivity index (χ2n) is 3.74. The molecule has 0 heterocycles. The van der Waals surface area contributed by atoms with Crippen LogP contribution >= 0.6 is 0 Å². The quantitative estimate of drug-likeness (QED) is 0.881. The highest BCUT2D eigenvalue weighted by Crippen LogP contribution is 2.27. The minimum Gasteiger partial charge on any atom is -0.497 e. The van der Waals surface area contributed by atoms with Crippen LogP contribution in [0.15, 0.2) is 42.5 Å². The summed E-state index contributed by atoms with van der Waals surface area (Å²) in [5, 5.41) is 0. The molecular formula is C14H14FNO. The zero-order chi connectivity index (χ0) is 12.3. The number of hydrogen-bond acceptors (Lipinski definition) is 2. The SMILES string of the molecule is COc1cccc(-c2cc(F)ccc2CN)c1. The van der Waals surface area contributed by atoms with E-state index in [4.69, 9.17) is 10.5 Å². The van der Waals surface area contributed by atoms with Crippen molar-refractivity contribution in [1.29, 1.82) is 0 Å². The molecule has 2 N–H and O–H groups in total. The van der Waals surface area contributed by atoms with Crippen molar-refractivity contribution in [2.24, 2.45) is 5.73 Å². The number of rotatable bonds is 3. The minimum absolute atomic E-state index is 0.264. The van der Waals surface area contributed by atoms with Crippen LogP contribution in [0.3, 0.4) is 0 Å². The second-order valence-corrected chi connectivity index (χ2v) is 3.74. The van der Waals surface area contributed by atoms with Crippen molar-refractivity contribution in [3.8, 4) is 16.9 Å². The topological polar surface area (TPSA) is 35.2 Å². The molecule has 0 radical (unpaired) electrons. The van der Waals surface area contributed by atoms with Gasteiger partial charge in [0.2, 0.25) is 0 Å². The molecule has 2 nitrogen and oxygen atoms in total. The zero-order valence-corrected chi connectivity index (χ0v) is 9.61. The van der Waals surface area contributed by atoms with Crippen LogP contribution in [0.1, 0.15) is 5.56 Å². The van der Waals surface area contributed by atoms with Crippen molar-refractivity contribution in [2.45, 2.75) is 6.54 Å². The molecule has 0 spiro atoms. The Labute approximate surface area is 99.8 Å². The highest BCUT2D eigenvalue weighted by molar-refractivity contribution is 5.68. The molecule has 2 aromatic carbocycles. The first kappa shape index (κ1) is 11.6. The van der Waals surface area contributed by atoms with Gasteiger partial charge in [-0.25, -0.2) is 4.39 Å². The van der Waals surface area contributed by atoms with Crippen LogP contribution in [0.4, 0.5) is 4.39 Å². The smallest absolute Gasteiger partial charge is 0.123 e. The molecule has 0 aliphatic heterocycles. The fourth-order valence-corrected chi connectivity index (χ4v) is 1.79. The van der Waals surface area contributed by atoms with E-state index in [0.29, 0.717) is 6.54 Å². The molecule has 88 valence electrons. The summed E-state index contributed by atoms with van der Waals surface area (Å²) < 4.78 is 18.4. The van der Waals surface area contributed by atoms with Gasteiger partial charge in [-0.1, -0.05) is 18.2 Å². The Morgan fingerprint density at radius 2 is 2.00 bits per heavy atom. The summed E-state index contributed by atoms with van der Waals surface area (Å²) in [5.74, 6) is 0.481. The number of methoxy groups -OCH3 is 1. The van der Waals surface area contributed by atoms with E-state index in [1.807, 2.05) is 24.3 Å². The molecule has 0 saturated carbocycles. The van der Waals surface area contributed by atoms with Gasteiger partial charge < -0.3 is 10.5 Å². The Hall–Kier alpha value is -1.87. The van der Waals surface area contributed by atoms with Crippen LogP contribution in [0.2, 0.25) is 0 Å². The predicted octanol–water partition coefficient (Wildman–Crippen LogP) is 2.96. The standard InChI is InChI=1S/C14H14FNO/c1-17-13-4-2-3-10(7-13)14-8-12(15)6-5-11(14)9-16/h2-8H,9,16H2,1H3. The van der Waals surface area contributed by atoms with Gasteiger partial charge in [0.15, 0.2) is 0 Å². The Balaban J connectivity index is 2.54. The lowest BCUT2D eigenvalue weighted by atomic mass is 9.99. The van der Waals surface area contributed by atoms with Gasteiger partial charge in [-0.2, -0.15) is 0 Å². The van der Waals surface area contributed by atoms with Crippen molar-refractivity contribution < 1.29 is 9.13 Å². The maximum Gasteiger partial charge on any atom is 0.123 e. The van der Waals surface area contributed by atoms with Gasteiger partial charge in [-0.3, -0.25) is 0 Å². The molecule has 0 atom stereocenters. The molecule has 17 heavy (non-hydrogen) atoms. The number of nitrogens with two attached hydrogens (primary N) is 1. The Kier molecular flexibility index (Phi) is 3.40. The molecule has 0 fully saturated rings. The monoisotopic (exact) mass is 231 g/mol. The van der Waals surface area contributed by atoms with Gasteiger partial charge in [-0.05, 0) is 41.0 Å². The highest BCUT2D eigenvalue weighted by atomic mass is 19.1. The Morgan fingerprint density at radius 1 is 1.18 bits per heavy atom. The fraction of sp³-hybridized carbons (Fsp3) is 0.143. The number of halogens is 1. The maximum absolute atomic E-state index is 13.3. The summed E-state index contributed by atoms with van der Waals surface area (Å²) in [6.45, 7) is 0.382. The molecule has 0 aliphatic carbocycles. The fourth-order valence-electron chi connectivity index (χ4n) is 1.79. The van der Waals surface area contributed by atoms with Crippen LogP contribution in [0.5, 0.6) is 5.75 Å². The lowest BCUT2D eigenvalue weighted by Crippen LogP contribution is -1.99. The van der Waals surface area contributed by atoms with Crippen molar-refractivity contribution in [2.75, 3.05) is 7.11 Å². The normalized spacial score (nSPS) is 10.3. The average Bonchev–Trinajstić information content (AvgIpc) is 2.39. The van der Waals surface area contributed by atoms with Crippen LogP contribution in [0, 0.1) is 5.82 Å². The van der Waals surface area contributed by atoms with Gasteiger partial charge in [0.05, 0.1) is 7.11 Å². The van der Waals surface area contributed by atoms with Gasteiger partial charge in [0, 0.05) is 6.54 Å². The van der Waals surface area contributed by atoms with Crippen LogP contribution in [0.25, 0.3) is 11.1 Å². The third-order valence-corrected chi connectivity index (χ3v) is 2.67. The molecule has 0 unspecified atom stereocenters. The van der Waals surface area contributed by atoms with Crippen molar-refractivity contribution in [3.63, 3.8) is 0 Å². The van der Waals surface area contributed by atoms with Crippen LogP contribution in [-0.4, -0.2) is 7.11 Å². The molecule has 0 bridgehead atoms. The highest BCUT2D eigenvalue weighted by Gasteiger charge is 2.06. The number of ether oxygens (including phenoxy) is 1. The van der Waals surface area contributed by atoms with Crippen LogP contribution in [-0.2, 0) is 6.54 Å². The summed E-state index contributed by atoms with van der Waals surface area (Å²) in [5.41, 5.74) is 8.29. The molecular weight excluding hydrogens is 217 g/mol. The van der Waals surface area contributed by atoms with E-state index in [2.05, 4.69) is 0 Å². The lowest BCUT2D eigenvalue weighted by molar-refractivity contribution is 0.415. The average molecular weight is 231 g/mol. The van der Waals surface area contributed by atoms with Gasteiger partial charge in [0.1, 0.15) is 11.6 Å². The molecule has 0 amide bonds. The first-order chi connectivity index (χ1) is 8.24. The van der Waals surface area contributed by atoms with E-state index in [0.717, 1.165) is 22.4 Å². The third-order valence-electron chi connectivity index (χ3n) is 2.67. The van der Waals surface area contributed by atoms with Crippen molar-refractivity contribution >= 4 is 0 Å². The summed E-state index contributed by atoms with van der Waals surface area (Å²) in [7, 11) is 1.61. The second kappa shape index (κ2) is 4.97. The maximum atomic E-state index is 13.3. The molecule has 2 rings (SSSR count). The summed E-state index contributed by atoms with van der Waals surface area (Å²) in [4.78, 5) is 0. The first-order valence-corrected chi connectivity index (χ1v) is 5.37. The van der Waals surface area contributed by atoms with E-state index >= 15 is 0 Å². The van der Waals surface area contributed by atoms with Gasteiger partial charge in [0.25, 0.3) is 0 Å². The summed E-state index contributed by atoms with van der Waals surface area (Å²) in [6, 6.07) is 12.1. The first-order valence-electron chi connectivity index (χ1n) is 5.37. The minimum atomic E-state index is -0.264. The predicted molar refractivity (Wildman–Crippen MR) is 66.3 cm³/mol. The van der Waals surface area contributed by atoms with Crippen molar-refractivity contribution in [1.82, 2.24) is 0 Å². The van der Waals surface area contributed by atoms with E-state index < -0.39 is 0 Å².